The third-order valence-corrected chi connectivity index (χ3v) is 3.39. The number of aromatic carboxylic acids is 1. The lowest BCUT2D eigenvalue weighted by molar-refractivity contribution is 0.0697. The molecule has 0 saturated carbocycles. The molecule has 0 spiro atoms. The van der Waals surface area contributed by atoms with Crippen LogP contribution in [-0.4, -0.2) is 31.7 Å². The predicted molar refractivity (Wildman–Crippen MR) is 97.6 cm³/mol. The van der Waals surface area contributed by atoms with E-state index in [9.17, 15) is 4.79 Å². The van der Waals surface area contributed by atoms with Crippen LogP contribution in [-0.2, 0) is 6.54 Å². The molecule has 0 atom stereocenters. The van der Waals surface area contributed by atoms with Crippen molar-refractivity contribution >= 4 is 34.7 Å². The standard InChI is InChI=1S/C16H19N5O2S/c1-10-7-12(3)21(20-10)9-11(2)18-19-16(24)17-14-6-4-5-13(8-14)15(22)23/h4-8H,9H2,1-3H3,(H,22,23)(H2,17,19,24)/b18-11-. The second-order valence-electron chi connectivity index (χ2n) is 5.38. The van der Waals surface area contributed by atoms with Gasteiger partial charge in [0.15, 0.2) is 5.11 Å². The number of carbonyl (C=O) groups is 1. The molecule has 126 valence electrons. The fourth-order valence-corrected chi connectivity index (χ4v) is 2.29. The largest absolute Gasteiger partial charge is 0.478 e. The number of carboxylic acid groups (broad SMARTS) is 1. The first-order valence-electron chi connectivity index (χ1n) is 7.29. The molecule has 0 aliphatic carbocycles. The number of aromatic nitrogens is 2. The quantitative estimate of drug-likeness (QED) is 0.438. The molecule has 0 amide bonds. The number of hydrogen-bond donors (Lipinski definition) is 3. The summed E-state index contributed by atoms with van der Waals surface area (Å²) in [6, 6.07) is 8.39. The molecule has 0 radical (unpaired) electrons. The van der Waals surface area contributed by atoms with Gasteiger partial charge in [-0.15, -0.1) is 0 Å². The second kappa shape index (κ2) is 7.69. The van der Waals surface area contributed by atoms with Crippen molar-refractivity contribution in [3.05, 3.63) is 47.3 Å². The van der Waals surface area contributed by atoms with Crippen molar-refractivity contribution in [2.75, 3.05) is 5.32 Å². The fourth-order valence-electron chi connectivity index (χ4n) is 2.12. The van der Waals surface area contributed by atoms with E-state index in [2.05, 4.69) is 20.9 Å². The lowest BCUT2D eigenvalue weighted by Gasteiger charge is -2.09. The zero-order chi connectivity index (χ0) is 17.7. The topological polar surface area (TPSA) is 91.5 Å². The second-order valence-corrected chi connectivity index (χ2v) is 5.79. The summed E-state index contributed by atoms with van der Waals surface area (Å²) in [6.07, 6.45) is 0. The maximum absolute atomic E-state index is 11.0. The molecule has 0 unspecified atom stereocenters. The van der Waals surface area contributed by atoms with Crippen LogP contribution in [0.4, 0.5) is 5.69 Å². The van der Waals surface area contributed by atoms with E-state index >= 15 is 0 Å². The van der Waals surface area contributed by atoms with Gasteiger partial charge in [0.05, 0.1) is 23.5 Å². The Morgan fingerprint density at radius 3 is 2.75 bits per heavy atom. The molecule has 8 heteroatoms. The molecular weight excluding hydrogens is 326 g/mol. The Bertz CT molecular complexity index is 798. The van der Waals surface area contributed by atoms with Gasteiger partial charge in [0, 0.05) is 11.4 Å². The molecule has 0 fully saturated rings. The van der Waals surface area contributed by atoms with E-state index in [1.54, 1.807) is 12.1 Å². The maximum Gasteiger partial charge on any atom is 0.335 e. The molecule has 1 heterocycles. The molecule has 1 aromatic carbocycles. The van der Waals surface area contributed by atoms with E-state index in [1.807, 2.05) is 31.5 Å². The van der Waals surface area contributed by atoms with E-state index in [0.29, 0.717) is 12.2 Å². The highest BCUT2D eigenvalue weighted by Crippen LogP contribution is 2.10. The Balaban J connectivity index is 1.93. The number of benzene rings is 1. The molecule has 3 N–H and O–H groups in total. The van der Waals surface area contributed by atoms with Crippen molar-refractivity contribution in [1.82, 2.24) is 15.2 Å². The lowest BCUT2D eigenvalue weighted by Crippen LogP contribution is -2.25. The summed E-state index contributed by atoms with van der Waals surface area (Å²) in [5.74, 6) is -0.990. The van der Waals surface area contributed by atoms with Crippen LogP contribution in [0.5, 0.6) is 0 Å². The van der Waals surface area contributed by atoms with Gasteiger partial charge in [-0.25, -0.2) is 4.79 Å². The van der Waals surface area contributed by atoms with Crippen LogP contribution in [0.2, 0.25) is 0 Å². The van der Waals surface area contributed by atoms with Crippen LogP contribution >= 0.6 is 12.2 Å². The number of nitrogens with zero attached hydrogens (tertiary/aromatic N) is 3. The zero-order valence-corrected chi connectivity index (χ0v) is 14.5. The lowest BCUT2D eigenvalue weighted by atomic mass is 10.2. The third kappa shape index (κ3) is 4.88. The molecule has 2 aromatic rings. The van der Waals surface area contributed by atoms with E-state index in [-0.39, 0.29) is 10.7 Å². The van der Waals surface area contributed by atoms with Gasteiger partial charge in [0.1, 0.15) is 0 Å². The van der Waals surface area contributed by atoms with Gasteiger partial charge in [-0.05, 0) is 57.3 Å². The van der Waals surface area contributed by atoms with Gasteiger partial charge in [-0.3, -0.25) is 10.1 Å². The smallest absolute Gasteiger partial charge is 0.335 e. The monoisotopic (exact) mass is 345 g/mol. The summed E-state index contributed by atoms with van der Waals surface area (Å²) in [6.45, 7) is 6.36. The van der Waals surface area contributed by atoms with E-state index in [4.69, 9.17) is 17.3 Å². The molecule has 0 saturated heterocycles. The third-order valence-electron chi connectivity index (χ3n) is 3.20. The number of thiocarbonyl (C=S) groups is 1. The highest BCUT2D eigenvalue weighted by atomic mass is 32.1. The summed E-state index contributed by atoms with van der Waals surface area (Å²) in [5, 5.41) is 20.7. The van der Waals surface area contributed by atoms with Crippen LogP contribution < -0.4 is 10.7 Å². The molecule has 0 aliphatic rings. The van der Waals surface area contributed by atoms with Crippen molar-refractivity contribution in [1.29, 1.82) is 0 Å². The van der Waals surface area contributed by atoms with Crippen molar-refractivity contribution in [2.24, 2.45) is 5.10 Å². The van der Waals surface area contributed by atoms with Gasteiger partial charge in [-0.2, -0.15) is 10.2 Å². The summed E-state index contributed by atoms with van der Waals surface area (Å²) in [7, 11) is 0. The minimum absolute atomic E-state index is 0.187. The molecule has 24 heavy (non-hydrogen) atoms. The van der Waals surface area contributed by atoms with Crippen LogP contribution in [0.1, 0.15) is 28.7 Å². The average Bonchev–Trinajstić information content (AvgIpc) is 2.83. The SMILES string of the molecule is C/C(Cn1nc(C)cc1C)=N/NC(=S)Nc1cccc(C(=O)O)c1. The number of hydrazone groups is 1. The van der Waals surface area contributed by atoms with Gasteiger partial charge >= 0.3 is 5.97 Å². The number of nitrogens with one attached hydrogen (secondary N) is 2. The van der Waals surface area contributed by atoms with Crippen LogP contribution in [0, 0.1) is 13.8 Å². The summed E-state index contributed by atoms with van der Waals surface area (Å²) in [5.41, 5.74) is 6.35. The summed E-state index contributed by atoms with van der Waals surface area (Å²) in [4.78, 5) is 11.0. The van der Waals surface area contributed by atoms with Crippen LogP contribution in [0.3, 0.4) is 0 Å². The number of hydrogen-bond acceptors (Lipinski definition) is 4. The number of anilines is 1. The number of carboxylic acids is 1. The first-order chi connectivity index (χ1) is 11.3. The predicted octanol–water partition coefficient (Wildman–Crippen LogP) is 2.56. The molecule has 7 nitrogen and oxygen atoms in total. The Morgan fingerprint density at radius 2 is 2.12 bits per heavy atom. The van der Waals surface area contributed by atoms with E-state index in [1.165, 1.54) is 12.1 Å². The normalized spacial score (nSPS) is 11.2. The number of aryl methyl sites for hydroxylation is 2. The zero-order valence-electron chi connectivity index (χ0n) is 13.7. The van der Waals surface area contributed by atoms with Crippen molar-refractivity contribution < 1.29 is 9.90 Å². The molecule has 0 aliphatic heterocycles. The van der Waals surface area contributed by atoms with Crippen molar-refractivity contribution in [2.45, 2.75) is 27.3 Å². The van der Waals surface area contributed by atoms with E-state index < -0.39 is 5.97 Å². The summed E-state index contributed by atoms with van der Waals surface area (Å²) >= 11 is 5.16. The van der Waals surface area contributed by atoms with Gasteiger partial charge < -0.3 is 10.4 Å². The Kier molecular flexibility index (Phi) is 5.64. The first kappa shape index (κ1) is 17.6. The maximum atomic E-state index is 11.0. The van der Waals surface area contributed by atoms with Crippen LogP contribution in [0.25, 0.3) is 0 Å². The highest BCUT2D eigenvalue weighted by Gasteiger charge is 2.05. The van der Waals surface area contributed by atoms with Gasteiger partial charge in [0.2, 0.25) is 0 Å². The number of rotatable bonds is 5. The van der Waals surface area contributed by atoms with E-state index in [0.717, 1.165) is 17.1 Å². The average molecular weight is 345 g/mol. The Labute approximate surface area is 145 Å². The minimum atomic E-state index is -0.990. The van der Waals surface area contributed by atoms with Gasteiger partial charge in [0.25, 0.3) is 0 Å². The molecule has 2 rings (SSSR count). The Morgan fingerprint density at radius 1 is 1.38 bits per heavy atom. The summed E-state index contributed by atoms with van der Waals surface area (Å²) < 4.78 is 1.86. The van der Waals surface area contributed by atoms with Gasteiger partial charge in [-0.1, -0.05) is 6.07 Å². The highest BCUT2D eigenvalue weighted by molar-refractivity contribution is 7.80. The molecular formula is C16H19N5O2S. The Hall–Kier alpha value is -2.74. The van der Waals surface area contributed by atoms with Crippen molar-refractivity contribution in [3.63, 3.8) is 0 Å². The van der Waals surface area contributed by atoms with Crippen molar-refractivity contribution in [3.8, 4) is 0 Å². The first-order valence-corrected chi connectivity index (χ1v) is 7.70. The molecule has 0 bridgehead atoms. The van der Waals surface area contributed by atoms with Crippen LogP contribution in [0.15, 0.2) is 35.4 Å². The fraction of sp³-hybridized carbons (Fsp3) is 0.250. The molecule has 1 aromatic heterocycles. The minimum Gasteiger partial charge on any atom is -0.478 e.